The van der Waals surface area contributed by atoms with Crippen LogP contribution in [0.2, 0.25) is 0 Å². The van der Waals surface area contributed by atoms with Crippen LogP contribution in [0.4, 0.5) is 5.82 Å². The Morgan fingerprint density at radius 1 is 0.929 bits per heavy atom. The van der Waals surface area contributed by atoms with E-state index in [1.54, 1.807) is 4.57 Å². The highest BCUT2D eigenvalue weighted by Crippen LogP contribution is 2.25. The van der Waals surface area contributed by atoms with Gasteiger partial charge in [-0.05, 0) is 17.7 Å². The minimum Gasteiger partial charge on any atom is -0.365 e. The van der Waals surface area contributed by atoms with Crippen molar-refractivity contribution in [3.05, 3.63) is 70.6 Å². The van der Waals surface area contributed by atoms with E-state index in [0.29, 0.717) is 6.54 Å². The molecular weight excluding hydrogens is 350 g/mol. The molecule has 0 spiro atoms. The molecule has 0 aliphatic carbocycles. The molecule has 6 nitrogen and oxygen atoms in total. The normalized spacial score (nSPS) is 20.2. The van der Waals surface area contributed by atoms with Crippen molar-refractivity contribution in [1.82, 2.24) is 19.4 Å². The Bertz CT molecular complexity index is 1020. The van der Waals surface area contributed by atoms with Gasteiger partial charge in [0.05, 0.1) is 18.1 Å². The van der Waals surface area contributed by atoms with E-state index in [1.165, 1.54) is 5.56 Å². The summed E-state index contributed by atoms with van der Waals surface area (Å²) >= 11 is 0. The SMILES string of the molecule is O=c1nc2ccccc2c2n1C[C@H](CN1CCN(Cc3ccccc3)CC1)N2. The van der Waals surface area contributed by atoms with Gasteiger partial charge in [0.15, 0.2) is 0 Å². The fourth-order valence-electron chi connectivity index (χ4n) is 4.35. The number of aromatic nitrogens is 2. The molecular formula is C22H25N5O. The predicted molar refractivity (Wildman–Crippen MR) is 112 cm³/mol. The molecule has 0 unspecified atom stereocenters. The minimum absolute atomic E-state index is 0.156. The second-order valence-electron chi connectivity index (χ2n) is 7.77. The third-order valence-electron chi connectivity index (χ3n) is 5.81. The zero-order chi connectivity index (χ0) is 18.9. The van der Waals surface area contributed by atoms with Crippen LogP contribution in [0.1, 0.15) is 5.56 Å². The Hall–Kier alpha value is -2.70. The second-order valence-corrected chi connectivity index (χ2v) is 7.77. The molecule has 1 aromatic heterocycles. The van der Waals surface area contributed by atoms with E-state index in [9.17, 15) is 4.79 Å². The topological polar surface area (TPSA) is 53.4 Å². The number of nitrogens with one attached hydrogen (secondary N) is 1. The average molecular weight is 375 g/mol. The number of benzene rings is 2. The fraction of sp³-hybridized carbons (Fsp3) is 0.364. The van der Waals surface area contributed by atoms with Gasteiger partial charge in [0.1, 0.15) is 5.82 Å². The van der Waals surface area contributed by atoms with E-state index in [1.807, 2.05) is 24.3 Å². The maximum Gasteiger partial charge on any atom is 0.349 e. The highest BCUT2D eigenvalue weighted by atomic mass is 16.1. The molecule has 1 atom stereocenters. The van der Waals surface area contributed by atoms with Gasteiger partial charge in [0.25, 0.3) is 0 Å². The van der Waals surface area contributed by atoms with Gasteiger partial charge in [-0.15, -0.1) is 0 Å². The molecule has 0 saturated carbocycles. The molecule has 0 amide bonds. The number of piperazine rings is 1. The zero-order valence-electron chi connectivity index (χ0n) is 15.9. The van der Waals surface area contributed by atoms with Gasteiger partial charge in [-0.2, -0.15) is 4.98 Å². The molecule has 2 aliphatic heterocycles. The Morgan fingerprint density at radius 3 is 2.46 bits per heavy atom. The molecule has 0 radical (unpaired) electrons. The van der Waals surface area contributed by atoms with Crippen LogP contribution in [0.5, 0.6) is 0 Å². The van der Waals surface area contributed by atoms with Gasteiger partial charge < -0.3 is 5.32 Å². The van der Waals surface area contributed by atoms with Crippen LogP contribution in [-0.4, -0.2) is 58.1 Å². The molecule has 1 fully saturated rings. The molecule has 2 aromatic carbocycles. The number of hydrogen-bond donors (Lipinski definition) is 1. The molecule has 144 valence electrons. The van der Waals surface area contributed by atoms with Crippen molar-refractivity contribution in [3.63, 3.8) is 0 Å². The molecule has 0 bridgehead atoms. The van der Waals surface area contributed by atoms with E-state index >= 15 is 0 Å². The first-order valence-electron chi connectivity index (χ1n) is 10.0. The third kappa shape index (κ3) is 3.41. The summed E-state index contributed by atoms with van der Waals surface area (Å²) in [5.41, 5.74) is 1.99. The van der Waals surface area contributed by atoms with Crippen LogP contribution in [0, 0.1) is 0 Å². The van der Waals surface area contributed by atoms with E-state index in [2.05, 4.69) is 50.4 Å². The maximum atomic E-state index is 12.4. The van der Waals surface area contributed by atoms with Crippen LogP contribution >= 0.6 is 0 Å². The van der Waals surface area contributed by atoms with Crippen LogP contribution in [-0.2, 0) is 13.1 Å². The van der Waals surface area contributed by atoms with E-state index in [-0.39, 0.29) is 11.7 Å². The second kappa shape index (κ2) is 7.37. The Balaban J connectivity index is 1.21. The van der Waals surface area contributed by atoms with Crippen molar-refractivity contribution < 1.29 is 0 Å². The summed E-state index contributed by atoms with van der Waals surface area (Å²) in [6.45, 7) is 6.96. The van der Waals surface area contributed by atoms with Gasteiger partial charge in [-0.3, -0.25) is 14.4 Å². The highest BCUT2D eigenvalue weighted by molar-refractivity contribution is 5.89. The zero-order valence-corrected chi connectivity index (χ0v) is 15.9. The summed E-state index contributed by atoms with van der Waals surface area (Å²) in [7, 11) is 0. The highest BCUT2D eigenvalue weighted by Gasteiger charge is 2.27. The Labute approximate surface area is 164 Å². The summed E-state index contributed by atoms with van der Waals surface area (Å²) in [6.07, 6.45) is 0. The summed E-state index contributed by atoms with van der Waals surface area (Å²) in [4.78, 5) is 21.6. The van der Waals surface area contributed by atoms with Gasteiger partial charge in [-0.1, -0.05) is 42.5 Å². The molecule has 5 rings (SSSR count). The molecule has 3 aromatic rings. The first kappa shape index (κ1) is 17.4. The van der Waals surface area contributed by atoms with Gasteiger partial charge in [-0.25, -0.2) is 4.79 Å². The minimum atomic E-state index is -0.156. The van der Waals surface area contributed by atoms with Gasteiger partial charge >= 0.3 is 5.69 Å². The summed E-state index contributed by atoms with van der Waals surface area (Å²) in [5.74, 6) is 0.920. The van der Waals surface area contributed by atoms with E-state index < -0.39 is 0 Å². The Kier molecular flexibility index (Phi) is 4.58. The fourth-order valence-corrected chi connectivity index (χ4v) is 4.35. The van der Waals surface area contributed by atoms with Crippen molar-refractivity contribution >= 4 is 16.7 Å². The lowest BCUT2D eigenvalue weighted by Gasteiger charge is -2.35. The molecule has 1 saturated heterocycles. The standard InChI is InChI=1S/C22H25N5O/c28-22-24-20-9-5-4-8-19(20)21-23-18(16-27(21)22)15-26-12-10-25(11-13-26)14-17-6-2-1-3-7-17/h1-9,18,23H,10-16H2/t18-/m0/s1. The number of para-hydroxylation sites is 1. The molecule has 2 aliphatic rings. The molecule has 1 N–H and O–H groups in total. The average Bonchev–Trinajstić information content (AvgIpc) is 3.15. The monoisotopic (exact) mass is 375 g/mol. The smallest absolute Gasteiger partial charge is 0.349 e. The van der Waals surface area contributed by atoms with E-state index in [0.717, 1.165) is 56.0 Å². The number of fused-ring (bicyclic) bond motifs is 3. The lowest BCUT2D eigenvalue weighted by molar-refractivity contribution is 0.123. The summed E-state index contributed by atoms with van der Waals surface area (Å²) in [5, 5.41) is 4.61. The molecule has 28 heavy (non-hydrogen) atoms. The van der Waals surface area contributed by atoms with Crippen molar-refractivity contribution in [2.75, 3.05) is 38.0 Å². The van der Waals surface area contributed by atoms with Crippen molar-refractivity contribution in [1.29, 1.82) is 0 Å². The Morgan fingerprint density at radius 2 is 1.64 bits per heavy atom. The first-order valence-corrected chi connectivity index (χ1v) is 10.0. The lowest BCUT2D eigenvalue weighted by atomic mass is 10.2. The first-order chi connectivity index (χ1) is 13.8. The third-order valence-corrected chi connectivity index (χ3v) is 5.81. The molecule has 3 heterocycles. The summed E-state index contributed by atoms with van der Waals surface area (Å²) < 4.78 is 1.79. The number of hydrogen-bond acceptors (Lipinski definition) is 5. The van der Waals surface area contributed by atoms with Gasteiger partial charge in [0.2, 0.25) is 0 Å². The number of nitrogens with zero attached hydrogens (tertiary/aromatic N) is 4. The van der Waals surface area contributed by atoms with Crippen LogP contribution < -0.4 is 11.0 Å². The number of rotatable bonds is 4. The largest absolute Gasteiger partial charge is 0.365 e. The van der Waals surface area contributed by atoms with Crippen molar-refractivity contribution in [2.45, 2.75) is 19.1 Å². The van der Waals surface area contributed by atoms with Crippen LogP contribution in [0.15, 0.2) is 59.4 Å². The van der Waals surface area contributed by atoms with Gasteiger partial charge in [0, 0.05) is 44.7 Å². The van der Waals surface area contributed by atoms with Crippen molar-refractivity contribution in [2.24, 2.45) is 0 Å². The van der Waals surface area contributed by atoms with Crippen LogP contribution in [0.25, 0.3) is 10.9 Å². The quantitative estimate of drug-likeness (QED) is 0.756. The lowest BCUT2D eigenvalue weighted by Crippen LogP contribution is -2.49. The predicted octanol–water partition coefficient (Wildman–Crippen LogP) is 2.01. The van der Waals surface area contributed by atoms with Crippen LogP contribution in [0.3, 0.4) is 0 Å². The maximum absolute atomic E-state index is 12.4. The van der Waals surface area contributed by atoms with E-state index in [4.69, 9.17) is 0 Å². The molecule has 6 heteroatoms. The summed E-state index contributed by atoms with van der Waals surface area (Å²) in [6, 6.07) is 18.8. The number of anilines is 1. The van der Waals surface area contributed by atoms with Crippen molar-refractivity contribution in [3.8, 4) is 0 Å².